The van der Waals surface area contributed by atoms with E-state index < -0.39 is 16.0 Å². The average Bonchev–Trinajstić information content (AvgIpc) is 3.01. The summed E-state index contributed by atoms with van der Waals surface area (Å²) in [6.07, 6.45) is 0.459. The quantitative estimate of drug-likeness (QED) is 0.639. The average molecular weight is 344 g/mol. The number of carbonyl (C=O) groups is 1. The van der Waals surface area contributed by atoms with Gasteiger partial charge in [0.25, 0.3) is 0 Å². The Morgan fingerprint density at radius 2 is 1.83 bits per heavy atom. The van der Waals surface area contributed by atoms with Gasteiger partial charge in [0.1, 0.15) is 5.69 Å². The monoisotopic (exact) mass is 344 g/mol. The number of fused-ring (bicyclic) bond motifs is 1. The molecule has 2 aromatic carbocycles. The van der Waals surface area contributed by atoms with Gasteiger partial charge in [0.15, 0.2) is 0 Å². The van der Waals surface area contributed by atoms with Crippen molar-refractivity contribution < 1.29 is 18.3 Å². The standard InChI is InChI=1S/C17H16N2O4S/c20-17(21)16-11-14-12(5-4-8-15(14)19-16)9-10-18-24(22,23)13-6-2-1-3-7-13/h1-8,11,18-19H,9-10H2,(H,20,21). The first kappa shape index (κ1) is 16.2. The van der Waals surface area contributed by atoms with Gasteiger partial charge in [0.05, 0.1) is 4.90 Å². The highest BCUT2D eigenvalue weighted by Gasteiger charge is 2.14. The van der Waals surface area contributed by atoms with E-state index in [1.165, 1.54) is 12.1 Å². The lowest BCUT2D eigenvalue weighted by atomic mass is 10.1. The number of rotatable bonds is 6. The van der Waals surface area contributed by atoms with Gasteiger partial charge in [-0.15, -0.1) is 0 Å². The molecule has 3 N–H and O–H groups in total. The van der Waals surface area contributed by atoms with Gasteiger partial charge in [-0.25, -0.2) is 17.9 Å². The molecule has 0 amide bonds. The third kappa shape index (κ3) is 3.32. The molecule has 3 rings (SSSR count). The predicted octanol–water partition coefficient (Wildman–Crippen LogP) is 2.39. The maximum atomic E-state index is 12.2. The Balaban J connectivity index is 1.75. The van der Waals surface area contributed by atoms with E-state index in [2.05, 4.69) is 9.71 Å². The lowest BCUT2D eigenvalue weighted by Crippen LogP contribution is -2.25. The summed E-state index contributed by atoms with van der Waals surface area (Å²) in [5.74, 6) is -1.03. The molecule has 0 bridgehead atoms. The molecule has 0 atom stereocenters. The Morgan fingerprint density at radius 1 is 1.08 bits per heavy atom. The summed E-state index contributed by atoms with van der Waals surface area (Å²) in [6, 6.07) is 15.2. The Morgan fingerprint density at radius 3 is 2.54 bits per heavy atom. The summed E-state index contributed by atoms with van der Waals surface area (Å²) in [4.78, 5) is 14.1. The van der Waals surface area contributed by atoms with E-state index >= 15 is 0 Å². The summed E-state index contributed by atoms with van der Waals surface area (Å²) < 4.78 is 26.9. The molecule has 7 heteroatoms. The fraction of sp³-hybridized carbons (Fsp3) is 0.118. The number of hydrogen-bond donors (Lipinski definition) is 3. The molecule has 3 aromatic rings. The van der Waals surface area contributed by atoms with Gasteiger partial charge in [-0.05, 0) is 36.2 Å². The number of nitrogens with one attached hydrogen (secondary N) is 2. The van der Waals surface area contributed by atoms with Crippen LogP contribution in [0.3, 0.4) is 0 Å². The topological polar surface area (TPSA) is 99.3 Å². The SMILES string of the molecule is O=C(O)c1cc2c(CCNS(=O)(=O)c3ccccc3)cccc2[nH]1. The highest BCUT2D eigenvalue weighted by molar-refractivity contribution is 7.89. The number of carboxylic acids is 1. The Hall–Kier alpha value is -2.64. The highest BCUT2D eigenvalue weighted by Crippen LogP contribution is 2.20. The summed E-state index contributed by atoms with van der Waals surface area (Å²) in [6.45, 7) is 0.226. The second-order valence-electron chi connectivity index (χ2n) is 5.33. The van der Waals surface area contributed by atoms with Gasteiger partial charge >= 0.3 is 5.97 Å². The van der Waals surface area contributed by atoms with E-state index in [0.29, 0.717) is 6.42 Å². The van der Waals surface area contributed by atoms with Crippen molar-refractivity contribution in [3.05, 3.63) is 65.9 Å². The van der Waals surface area contributed by atoms with Crippen molar-refractivity contribution in [1.82, 2.24) is 9.71 Å². The molecule has 1 aromatic heterocycles. The van der Waals surface area contributed by atoms with E-state index in [4.69, 9.17) is 5.11 Å². The Bertz CT molecular complexity index is 978. The van der Waals surface area contributed by atoms with Crippen LogP contribution in [0.5, 0.6) is 0 Å². The molecule has 0 unspecified atom stereocenters. The second-order valence-corrected chi connectivity index (χ2v) is 7.09. The van der Waals surface area contributed by atoms with Gasteiger partial charge in [-0.3, -0.25) is 0 Å². The van der Waals surface area contributed by atoms with Crippen LogP contribution in [0.25, 0.3) is 10.9 Å². The molecule has 0 aliphatic heterocycles. The first-order valence-corrected chi connectivity index (χ1v) is 8.84. The van der Waals surface area contributed by atoms with Crippen LogP contribution >= 0.6 is 0 Å². The molecule has 0 saturated heterocycles. The van der Waals surface area contributed by atoms with E-state index in [9.17, 15) is 13.2 Å². The zero-order valence-corrected chi connectivity index (χ0v) is 13.5. The largest absolute Gasteiger partial charge is 0.477 e. The predicted molar refractivity (Wildman–Crippen MR) is 90.6 cm³/mol. The number of aromatic nitrogens is 1. The number of aromatic carboxylic acids is 1. The van der Waals surface area contributed by atoms with E-state index in [1.807, 2.05) is 12.1 Å². The molecule has 6 nitrogen and oxygen atoms in total. The van der Waals surface area contributed by atoms with Crippen LogP contribution in [0.2, 0.25) is 0 Å². The fourth-order valence-electron chi connectivity index (χ4n) is 2.55. The Kier molecular flexibility index (Phi) is 4.37. The Labute approximate surface area is 139 Å². The van der Waals surface area contributed by atoms with Gasteiger partial charge in [-0.1, -0.05) is 30.3 Å². The van der Waals surface area contributed by atoms with Crippen LogP contribution in [0, 0.1) is 0 Å². The number of H-pyrrole nitrogens is 1. The molecular weight excluding hydrogens is 328 g/mol. The minimum Gasteiger partial charge on any atom is -0.477 e. The fourth-order valence-corrected chi connectivity index (χ4v) is 3.61. The summed E-state index contributed by atoms with van der Waals surface area (Å²) in [5.41, 5.74) is 1.71. The minimum atomic E-state index is -3.54. The third-order valence-corrected chi connectivity index (χ3v) is 5.20. The van der Waals surface area contributed by atoms with Crippen LogP contribution in [0.4, 0.5) is 0 Å². The minimum absolute atomic E-state index is 0.113. The summed E-state index contributed by atoms with van der Waals surface area (Å²) in [5, 5.41) is 9.85. The number of carboxylic acid groups (broad SMARTS) is 1. The van der Waals surface area contributed by atoms with Crippen molar-refractivity contribution in [2.24, 2.45) is 0 Å². The van der Waals surface area contributed by atoms with Crippen molar-refractivity contribution in [3.63, 3.8) is 0 Å². The lowest BCUT2D eigenvalue weighted by Gasteiger charge is -2.07. The van der Waals surface area contributed by atoms with Gasteiger partial charge in [0, 0.05) is 17.4 Å². The summed E-state index contributed by atoms with van der Waals surface area (Å²) in [7, 11) is -3.54. The van der Waals surface area contributed by atoms with Crippen molar-refractivity contribution in [1.29, 1.82) is 0 Å². The lowest BCUT2D eigenvalue weighted by molar-refractivity contribution is 0.0691. The van der Waals surface area contributed by atoms with E-state index in [1.54, 1.807) is 30.3 Å². The normalized spacial score (nSPS) is 11.7. The molecule has 0 aliphatic carbocycles. The zero-order chi connectivity index (χ0) is 17.2. The van der Waals surface area contributed by atoms with Gasteiger partial charge < -0.3 is 10.1 Å². The molecule has 0 spiro atoms. The number of hydrogen-bond acceptors (Lipinski definition) is 3. The van der Waals surface area contributed by atoms with Crippen LogP contribution in [-0.4, -0.2) is 31.0 Å². The molecule has 0 fully saturated rings. The molecule has 0 aliphatic rings. The molecule has 124 valence electrons. The highest BCUT2D eigenvalue weighted by atomic mass is 32.2. The van der Waals surface area contributed by atoms with Crippen molar-refractivity contribution in [2.45, 2.75) is 11.3 Å². The smallest absolute Gasteiger partial charge is 0.352 e. The molecular formula is C17H16N2O4S. The van der Waals surface area contributed by atoms with E-state index in [0.717, 1.165) is 16.5 Å². The molecule has 24 heavy (non-hydrogen) atoms. The zero-order valence-electron chi connectivity index (χ0n) is 12.7. The van der Waals surface area contributed by atoms with Crippen molar-refractivity contribution in [2.75, 3.05) is 6.54 Å². The number of aromatic amines is 1. The van der Waals surface area contributed by atoms with Crippen LogP contribution in [-0.2, 0) is 16.4 Å². The summed E-state index contributed by atoms with van der Waals surface area (Å²) >= 11 is 0. The van der Waals surface area contributed by atoms with Crippen LogP contribution < -0.4 is 4.72 Å². The van der Waals surface area contributed by atoms with Crippen molar-refractivity contribution >= 4 is 26.9 Å². The second kappa shape index (κ2) is 6.46. The van der Waals surface area contributed by atoms with E-state index in [-0.39, 0.29) is 17.1 Å². The number of benzene rings is 2. The van der Waals surface area contributed by atoms with Gasteiger partial charge in [-0.2, -0.15) is 0 Å². The maximum absolute atomic E-state index is 12.2. The maximum Gasteiger partial charge on any atom is 0.352 e. The molecule has 0 radical (unpaired) electrons. The number of sulfonamides is 1. The molecule has 0 saturated carbocycles. The first-order chi connectivity index (χ1) is 11.5. The van der Waals surface area contributed by atoms with Gasteiger partial charge in [0.2, 0.25) is 10.0 Å². The van der Waals surface area contributed by atoms with Crippen LogP contribution in [0.1, 0.15) is 16.1 Å². The third-order valence-electron chi connectivity index (χ3n) is 3.72. The van der Waals surface area contributed by atoms with Crippen molar-refractivity contribution in [3.8, 4) is 0 Å². The van der Waals surface area contributed by atoms with Crippen LogP contribution in [0.15, 0.2) is 59.5 Å². The molecule has 1 heterocycles. The first-order valence-electron chi connectivity index (χ1n) is 7.36.